The molecular formula is C12H17NO. The van der Waals surface area contributed by atoms with Crippen LogP contribution in [0.1, 0.15) is 24.4 Å². The van der Waals surface area contributed by atoms with Crippen molar-refractivity contribution in [3.63, 3.8) is 0 Å². The second-order valence-electron chi connectivity index (χ2n) is 3.86. The van der Waals surface area contributed by atoms with Crippen LogP contribution in [0.2, 0.25) is 0 Å². The van der Waals surface area contributed by atoms with E-state index in [1.807, 2.05) is 6.07 Å². The molecule has 1 unspecified atom stereocenters. The van der Waals surface area contributed by atoms with Gasteiger partial charge in [-0.1, -0.05) is 30.3 Å². The molecule has 0 saturated heterocycles. The van der Waals surface area contributed by atoms with Crippen LogP contribution >= 0.6 is 0 Å². The molecule has 1 saturated carbocycles. The van der Waals surface area contributed by atoms with Gasteiger partial charge in [-0.2, -0.15) is 0 Å². The molecule has 0 aliphatic heterocycles. The summed E-state index contributed by atoms with van der Waals surface area (Å²) in [6, 6.07) is 11.6. The van der Waals surface area contributed by atoms with E-state index < -0.39 is 0 Å². The highest BCUT2D eigenvalue weighted by Crippen LogP contribution is 2.24. The molecule has 2 nitrogen and oxygen atoms in total. The summed E-state index contributed by atoms with van der Waals surface area (Å²) in [5.41, 5.74) is 1.32. The van der Waals surface area contributed by atoms with Crippen molar-refractivity contribution in [3.8, 4) is 0 Å². The molecule has 0 heterocycles. The van der Waals surface area contributed by atoms with Gasteiger partial charge in [0, 0.05) is 13.2 Å². The molecule has 1 N–H and O–H groups in total. The third-order valence-corrected chi connectivity index (χ3v) is 2.55. The van der Waals surface area contributed by atoms with Gasteiger partial charge in [-0.3, -0.25) is 0 Å². The largest absolute Gasteiger partial charge is 0.383 e. The van der Waals surface area contributed by atoms with Gasteiger partial charge in [0.1, 0.15) is 0 Å². The first-order valence-electron chi connectivity index (χ1n) is 5.20. The van der Waals surface area contributed by atoms with Crippen LogP contribution in [0.4, 0.5) is 0 Å². The van der Waals surface area contributed by atoms with Gasteiger partial charge in [-0.15, -0.1) is 0 Å². The molecule has 0 bridgehead atoms. The van der Waals surface area contributed by atoms with Crippen molar-refractivity contribution in [1.82, 2.24) is 5.32 Å². The Hall–Kier alpha value is -0.860. The Labute approximate surface area is 85.3 Å². The molecule has 0 radical (unpaired) electrons. The highest BCUT2D eigenvalue weighted by molar-refractivity contribution is 5.19. The van der Waals surface area contributed by atoms with Gasteiger partial charge in [0.25, 0.3) is 0 Å². The van der Waals surface area contributed by atoms with E-state index >= 15 is 0 Å². The van der Waals surface area contributed by atoms with Gasteiger partial charge in [-0.25, -0.2) is 0 Å². The summed E-state index contributed by atoms with van der Waals surface area (Å²) >= 11 is 0. The zero-order chi connectivity index (χ0) is 9.80. The first-order valence-corrected chi connectivity index (χ1v) is 5.20. The predicted molar refractivity (Wildman–Crippen MR) is 57.2 cm³/mol. The first kappa shape index (κ1) is 9.69. The smallest absolute Gasteiger partial charge is 0.0657 e. The van der Waals surface area contributed by atoms with Gasteiger partial charge in [0.05, 0.1) is 12.6 Å². The average Bonchev–Trinajstić information content (AvgIpc) is 3.03. The lowest BCUT2D eigenvalue weighted by atomic mass is 10.1. The third kappa shape index (κ3) is 2.56. The lowest BCUT2D eigenvalue weighted by molar-refractivity contribution is 0.166. The molecule has 1 aromatic carbocycles. The fraction of sp³-hybridized carbons (Fsp3) is 0.500. The highest BCUT2D eigenvalue weighted by atomic mass is 16.5. The first-order chi connectivity index (χ1) is 6.90. The third-order valence-electron chi connectivity index (χ3n) is 2.55. The fourth-order valence-corrected chi connectivity index (χ4v) is 1.63. The van der Waals surface area contributed by atoms with E-state index in [1.165, 1.54) is 18.4 Å². The molecule has 1 aliphatic carbocycles. The molecular weight excluding hydrogens is 174 g/mol. The maximum Gasteiger partial charge on any atom is 0.0657 e. The molecule has 1 aliphatic rings. The molecule has 0 aromatic heterocycles. The van der Waals surface area contributed by atoms with Gasteiger partial charge < -0.3 is 10.1 Å². The van der Waals surface area contributed by atoms with Gasteiger partial charge in [0.2, 0.25) is 0 Å². The standard InChI is InChI=1S/C12H17NO/c1-14-9-12(13-11-7-8-11)10-5-3-2-4-6-10/h2-6,11-13H,7-9H2,1H3. The van der Waals surface area contributed by atoms with E-state index in [1.54, 1.807) is 7.11 Å². The van der Waals surface area contributed by atoms with Crippen LogP contribution in [-0.2, 0) is 4.74 Å². The highest BCUT2D eigenvalue weighted by Gasteiger charge is 2.24. The Kier molecular flexibility index (Phi) is 3.17. The molecule has 1 aromatic rings. The fourth-order valence-electron chi connectivity index (χ4n) is 1.63. The molecule has 0 amide bonds. The Morgan fingerprint density at radius 3 is 2.64 bits per heavy atom. The van der Waals surface area contributed by atoms with E-state index in [-0.39, 0.29) is 0 Å². The summed E-state index contributed by atoms with van der Waals surface area (Å²) in [5.74, 6) is 0. The summed E-state index contributed by atoms with van der Waals surface area (Å²) in [4.78, 5) is 0. The molecule has 1 atom stereocenters. The monoisotopic (exact) mass is 191 g/mol. The normalized spacial score (nSPS) is 18.1. The lowest BCUT2D eigenvalue weighted by Crippen LogP contribution is -2.26. The topological polar surface area (TPSA) is 21.3 Å². The minimum atomic E-state index is 0.355. The zero-order valence-corrected chi connectivity index (χ0v) is 8.57. The summed E-state index contributed by atoms with van der Waals surface area (Å²) < 4.78 is 5.22. The lowest BCUT2D eigenvalue weighted by Gasteiger charge is -2.17. The number of hydrogen-bond acceptors (Lipinski definition) is 2. The summed E-state index contributed by atoms with van der Waals surface area (Å²) in [5, 5.41) is 3.58. The van der Waals surface area contributed by atoms with Crippen molar-refractivity contribution in [2.24, 2.45) is 0 Å². The van der Waals surface area contributed by atoms with E-state index in [0.717, 1.165) is 12.6 Å². The van der Waals surface area contributed by atoms with Crippen molar-refractivity contribution in [2.45, 2.75) is 24.9 Å². The zero-order valence-electron chi connectivity index (χ0n) is 8.57. The molecule has 1 fully saturated rings. The van der Waals surface area contributed by atoms with Gasteiger partial charge in [-0.05, 0) is 18.4 Å². The second-order valence-corrected chi connectivity index (χ2v) is 3.86. The van der Waals surface area contributed by atoms with E-state index in [2.05, 4.69) is 29.6 Å². The SMILES string of the molecule is COCC(NC1CC1)c1ccccc1. The van der Waals surface area contributed by atoms with E-state index in [0.29, 0.717) is 6.04 Å². The number of ether oxygens (including phenoxy) is 1. The van der Waals surface area contributed by atoms with Crippen molar-refractivity contribution in [2.75, 3.05) is 13.7 Å². The van der Waals surface area contributed by atoms with E-state index in [9.17, 15) is 0 Å². The van der Waals surface area contributed by atoms with Crippen LogP contribution in [0.25, 0.3) is 0 Å². The molecule has 14 heavy (non-hydrogen) atoms. The number of methoxy groups -OCH3 is 1. The molecule has 2 rings (SSSR count). The van der Waals surface area contributed by atoms with Crippen LogP contribution in [-0.4, -0.2) is 19.8 Å². The van der Waals surface area contributed by atoms with Crippen molar-refractivity contribution >= 4 is 0 Å². The molecule has 2 heteroatoms. The number of hydrogen-bond donors (Lipinski definition) is 1. The van der Waals surface area contributed by atoms with Crippen LogP contribution in [0, 0.1) is 0 Å². The molecule has 0 spiro atoms. The van der Waals surface area contributed by atoms with Crippen LogP contribution in [0.15, 0.2) is 30.3 Å². The Morgan fingerprint density at radius 1 is 1.36 bits per heavy atom. The summed E-state index contributed by atoms with van der Waals surface area (Å²) in [6.07, 6.45) is 2.63. The van der Waals surface area contributed by atoms with Crippen molar-refractivity contribution < 1.29 is 4.74 Å². The Bertz CT molecular complexity index is 269. The average molecular weight is 191 g/mol. The minimum Gasteiger partial charge on any atom is -0.383 e. The van der Waals surface area contributed by atoms with Gasteiger partial charge >= 0.3 is 0 Å². The maximum absolute atomic E-state index is 5.22. The van der Waals surface area contributed by atoms with Crippen LogP contribution in [0.5, 0.6) is 0 Å². The van der Waals surface area contributed by atoms with Crippen molar-refractivity contribution in [3.05, 3.63) is 35.9 Å². The Morgan fingerprint density at radius 2 is 2.07 bits per heavy atom. The summed E-state index contributed by atoms with van der Waals surface area (Å²) in [7, 11) is 1.75. The quantitative estimate of drug-likeness (QED) is 0.769. The van der Waals surface area contributed by atoms with E-state index in [4.69, 9.17) is 4.74 Å². The predicted octanol–water partition coefficient (Wildman–Crippen LogP) is 2.13. The molecule has 76 valence electrons. The van der Waals surface area contributed by atoms with Crippen molar-refractivity contribution in [1.29, 1.82) is 0 Å². The second kappa shape index (κ2) is 4.58. The minimum absolute atomic E-state index is 0.355. The number of rotatable bonds is 5. The summed E-state index contributed by atoms with van der Waals surface area (Å²) in [6.45, 7) is 0.751. The number of benzene rings is 1. The maximum atomic E-state index is 5.22. The van der Waals surface area contributed by atoms with Gasteiger partial charge in [0.15, 0.2) is 0 Å². The Balaban J connectivity index is 2.01. The van der Waals surface area contributed by atoms with Crippen LogP contribution in [0.3, 0.4) is 0 Å². The number of nitrogens with one attached hydrogen (secondary N) is 1. The van der Waals surface area contributed by atoms with Crippen LogP contribution < -0.4 is 5.32 Å².